The molecule has 9 aromatic carbocycles. The lowest BCUT2D eigenvalue weighted by molar-refractivity contribution is 0.672. The van der Waals surface area contributed by atoms with Crippen LogP contribution >= 0.6 is 0 Å². The van der Waals surface area contributed by atoms with E-state index in [-0.39, 0.29) is 0 Å². The Kier molecular flexibility index (Phi) is 7.49. The highest BCUT2D eigenvalue weighted by Gasteiger charge is 2.21. The van der Waals surface area contributed by atoms with Crippen molar-refractivity contribution in [1.82, 2.24) is 4.98 Å². The minimum Gasteiger partial charge on any atom is -0.455 e. The number of nitrogens with zero attached hydrogens (tertiary/aromatic N) is 2. The van der Waals surface area contributed by atoms with Crippen LogP contribution in [0.2, 0.25) is 0 Å². The summed E-state index contributed by atoms with van der Waals surface area (Å²) in [5.74, 6) is 0. The molecule has 0 atom stereocenters. The normalized spacial score (nSPS) is 11.6. The molecule has 0 N–H and O–H groups in total. The fraction of sp³-hybridized carbons (Fsp3) is 0. The number of benzene rings is 9. The third kappa shape index (κ3) is 5.32. The topological polar surface area (TPSA) is 29.3 Å². The van der Waals surface area contributed by atoms with Crippen LogP contribution in [0.4, 0.5) is 17.1 Å². The van der Waals surface area contributed by atoms with Crippen LogP contribution in [0.5, 0.6) is 0 Å². The van der Waals surface area contributed by atoms with Crippen molar-refractivity contribution in [3.8, 4) is 33.4 Å². The summed E-state index contributed by atoms with van der Waals surface area (Å²) in [5.41, 5.74) is 12.8. The Hall–Kier alpha value is -7.49. The Bertz CT molecular complexity index is 3230. The van der Waals surface area contributed by atoms with E-state index in [0.717, 1.165) is 55.5 Å². The fourth-order valence-electron chi connectivity index (χ4n) is 8.40. The number of aromatic nitrogens is 1. The maximum atomic E-state index is 6.64. The van der Waals surface area contributed by atoms with Gasteiger partial charge in [-0.1, -0.05) is 146 Å². The molecule has 0 fully saturated rings. The molecule has 0 saturated carbocycles. The van der Waals surface area contributed by atoms with E-state index in [9.17, 15) is 0 Å². The third-order valence-electron chi connectivity index (χ3n) is 11.1. The highest BCUT2D eigenvalue weighted by molar-refractivity contribution is 6.18. The molecule has 0 amide bonds. The number of pyridine rings is 1. The van der Waals surface area contributed by atoms with Gasteiger partial charge in [0.15, 0.2) is 0 Å². The summed E-state index contributed by atoms with van der Waals surface area (Å²) in [7, 11) is 0. The molecule has 0 aliphatic carbocycles. The van der Waals surface area contributed by atoms with E-state index >= 15 is 0 Å². The molecule has 0 saturated heterocycles. The first-order valence-corrected chi connectivity index (χ1v) is 19.0. The zero-order chi connectivity index (χ0) is 37.0. The summed E-state index contributed by atoms with van der Waals surface area (Å²) in [6.07, 6.45) is 1.94. The predicted molar refractivity (Wildman–Crippen MR) is 235 cm³/mol. The van der Waals surface area contributed by atoms with Gasteiger partial charge in [0.1, 0.15) is 11.2 Å². The van der Waals surface area contributed by atoms with E-state index < -0.39 is 0 Å². The molecule has 0 aliphatic heterocycles. The summed E-state index contributed by atoms with van der Waals surface area (Å²) in [4.78, 5) is 7.31. The highest BCUT2D eigenvalue weighted by atomic mass is 16.3. The van der Waals surface area contributed by atoms with Crippen LogP contribution in [-0.2, 0) is 0 Å². The molecule has 2 aromatic heterocycles. The minimum atomic E-state index is 0.838. The van der Waals surface area contributed by atoms with Crippen LogP contribution in [0, 0.1) is 0 Å². The van der Waals surface area contributed by atoms with Crippen LogP contribution in [0.15, 0.2) is 211 Å². The van der Waals surface area contributed by atoms with Crippen LogP contribution in [0.1, 0.15) is 0 Å². The van der Waals surface area contributed by atoms with E-state index in [4.69, 9.17) is 9.40 Å². The number of para-hydroxylation sites is 1. The van der Waals surface area contributed by atoms with Crippen molar-refractivity contribution < 1.29 is 4.42 Å². The average molecular weight is 715 g/mol. The van der Waals surface area contributed by atoms with Crippen LogP contribution in [0.25, 0.3) is 87.8 Å². The smallest absolute Gasteiger partial charge is 0.148 e. The quantitative estimate of drug-likeness (QED) is 0.172. The number of fused-ring (bicyclic) bond motifs is 7. The first-order valence-electron chi connectivity index (χ1n) is 19.0. The van der Waals surface area contributed by atoms with Gasteiger partial charge in [-0.2, -0.15) is 0 Å². The van der Waals surface area contributed by atoms with Crippen LogP contribution in [0.3, 0.4) is 0 Å². The van der Waals surface area contributed by atoms with E-state index in [1.54, 1.807) is 0 Å². The van der Waals surface area contributed by atoms with E-state index in [1.807, 2.05) is 18.3 Å². The summed E-state index contributed by atoms with van der Waals surface area (Å²) in [5, 5.41) is 7.97. The second kappa shape index (κ2) is 13.1. The second-order valence-corrected chi connectivity index (χ2v) is 14.3. The average Bonchev–Trinajstić information content (AvgIpc) is 3.66. The van der Waals surface area contributed by atoms with Gasteiger partial charge in [0.25, 0.3) is 0 Å². The molecule has 56 heavy (non-hydrogen) atoms. The molecule has 2 heterocycles. The van der Waals surface area contributed by atoms with Crippen molar-refractivity contribution in [2.24, 2.45) is 0 Å². The van der Waals surface area contributed by atoms with Crippen molar-refractivity contribution in [3.05, 3.63) is 206 Å². The predicted octanol–water partition coefficient (Wildman–Crippen LogP) is 14.9. The summed E-state index contributed by atoms with van der Waals surface area (Å²) < 4.78 is 6.64. The molecule has 3 heteroatoms. The Labute approximate surface area is 324 Å². The van der Waals surface area contributed by atoms with E-state index in [0.29, 0.717) is 0 Å². The lowest BCUT2D eigenvalue weighted by atomic mass is 9.93. The van der Waals surface area contributed by atoms with Crippen molar-refractivity contribution in [3.63, 3.8) is 0 Å². The number of furan rings is 1. The summed E-state index contributed by atoms with van der Waals surface area (Å²) in [6.45, 7) is 0. The summed E-state index contributed by atoms with van der Waals surface area (Å²) in [6, 6.07) is 71.5. The van der Waals surface area contributed by atoms with Gasteiger partial charge in [0.2, 0.25) is 0 Å². The zero-order valence-corrected chi connectivity index (χ0v) is 30.4. The molecule has 11 rings (SSSR count). The highest BCUT2D eigenvalue weighted by Crippen LogP contribution is 2.44. The zero-order valence-electron chi connectivity index (χ0n) is 30.4. The van der Waals surface area contributed by atoms with Crippen molar-refractivity contribution in [1.29, 1.82) is 0 Å². The standard InChI is InChI=1S/C53H34N2O/c1-2-12-35(13-3-1)40-32-39-15-5-7-18-45(39)47(33-40)38-26-30-42(31-27-38)55(41-28-24-37(25-29-41)44-20-10-16-36-14-4-6-17-43(36)44)50-22-11-21-49-52(50)53-48(34-54-49)46-19-8-9-23-51(46)56-53/h1-34H. The molecule has 3 nitrogen and oxygen atoms in total. The third-order valence-corrected chi connectivity index (χ3v) is 11.1. The maximum absolute atomic E-state index is 6.64. The molecule has 0 spiro atoms. The van der Waals surface area contributed by atoms with Crippen LogP contribution in [-0.4, -0.2) is 4.98 Å². The van der Waals surface area contributed by atoms with E-state index in [1.165, 1.54) is 49.4 Å². The molecule has 0 unspecified atom stereocenters. The monoisotopic (exact) mass is 714 g/mol. The van der Waals surface area contributed by atoms with Gasteiger partial charge in [0, 0.05) is 28.3 Å². The largest absolute Gasteiger partial charge is 0.455 e. The Morgan fingerprint density at radius 3 is 1.77 bits per heavy atom. The number of anilines is 3. The SMILES string of the molecule is c1ccc(-c2cc(-c3ccc(N(c4ccc(-c5cccc6ccccc56)cc4)c4cccc5ncc6c7ccccc7oc6c45)cc3)c3ccccc3c2)cc1. The molecule has 0 bridgehead atoms. The lowest BCUT2D eigenvalue weighted by Crippen LogP contribution is -2.10. The number of rotatable bonds is 6. The van der Waals surface area contributed by atoms with Gasteiger partial charge in [-0.25, -0.2) is 0 Å². The van der Waals surface area contributed by atoms with Gasteiger partial charge < -0.3 is 9.32 Å². The van der Waals surface area contributed by atoms with Crippen molar-refractivity contribution in [2.45, 2.75) is 0 Å². The molecule has 0 aliphatic rings. The molecular weight excluding hydrogens is 681 g/mol. The molecular formula is C53H34N2O. The van der Waals surface area contributed by atoms with Gasteiger partial charge >= 0.3 is 0 Å². The maximum Gasteiger partial charge on any atom is 0.148 e. The van der Waals surface area contributed by atoms with Gasteiger partial charge in [-0.3, -0.25) is 4.98 Å². The fourth-order valence-corrected chi connectivity index (χ4v) is 8.40. The molecule has 0 radical (unpaired) electrons. The van der Waals surface area contributed by atoms with Crippen molar-refractivity contribution in [2.75, 3.05) is 4.90 Å². The molecule has 11 aromatic rings. The van der Waals surface area contributed by atoms with Crippen LogP contribution < -0.4 is 4.90 Å². The minimum absolute atomic E-state index is 0.838. The second-order valence-electron chi connectivity index (χ2n) is 14.3. The Balaban J connectivity index is 1.10. The first kappa shape index (κ1) is 32.0. The Morgan fingerprint density at radius 1 is 0.393 bits per heavy atom. The van der Waals surface area contributed by atoms with E-state index in [2.05, 4.69) is 193 Å². The number of hydrogen-bond acceptors (Lipinski definition) is 3. The van der Waals surface area contributed by atoms with Gasteiger partial charge in [-0.05, 0) is 110 Å². The van der Waals surface area contributed by atoms with Crippen molar-refractivity contribution >= 4 is 71.4 Å². The van der Waals surface area contributed by atoms with Gasteiger partial charge in [-0.15, -0.1) is 0 Å². The molecule has 262 valence electrons. The first-order chi connectivity index (χ1) is 27.8. The summed E-state index contributed by atoms with van der Waals surface area (Å²) >= 11 is 0. The number of hydrogen-bond donors (Lipinski definition) is 0. The lowest BCUT2D eigenvalue weighted by Gasteiger charge is -2.27. The Morgan fingerprint density at radius 2 is 1.00 bits per heavy atom. The van der Waals surface area contributed by atoms with Gasteiger partial charge in [0.05, 0.1) is 16.6 Å².